The number of carbonyl (C=O) groups excluding carboxylic acids is 3. The molecule has 2 N–H and O–H groups in total. The van der Waals surface area contributed by atoms with Crippen LogP contribution in [-0.2, 0) is 14.4 Å². The van der Waals surface area contributed by atoms with E-state index in [4.69, 9.17) is 4.42 Å². The van der Waals surface area contributed by atoms with Crippen molar-refractivity contribution in [3.63, 3.8) is 0 Å². The number of benzene rings is 1. The molecular weight excluding hydrogens is 416 g/mol. The van der Waals surface area contributed by atoms with Gasteiger partial charge in [0.15, 0.2) is 0 Å². The van der Waals surface area contributed by atoms with E-state index in [1.165, 1.54) is 30.5 Å². The number of rotatable bonds is 6. The molecule has 10 nitrogen and oxygen atoms in total. The fourth-order valence-electron chi connectivity index (χ4n) is 3.36. The lowest BCUT2D eigenvalue weighted by molar-refractivity contribution is -0.384. The molecule has 0 radical (unpaired) electrons. The Bertz CT molecular complexity index is 1020. The summed E-state index contributed by atoms with van der Waals surface area (Å²) in [6.45, 7) is 3.10. The fraction of sp³-hybridized carbons (Fsp3) is 0.318. The van der Waals surface area contributed by atoms with Gasteiger partial charge in [0.05, 0.1) is 16.9 Å². The second-order valence-electron chi connectivity index (χ2n) is 7.54. The van der Waals surface area contributed by atoms with Crippen LogP contribution in [0.3, 0.4) is 0 Å². The topological polar surface area (TPSA) is 135 Å². The summed E-state index contributed by atoms with van der Waals surface area (Å²) in [5.41, 5.74) is 0.648. The van der Waals surface area contributed by atoms with Crippen LogP contribution in [0.25, 0.3) is 6.08 Å². The van der Waals surface area contributed by atoms with Crippen LogP contribution in [0.1, 0.15) is 24.2 Å². The van der Waals surface area contributed by atoms with E-state index in [0.717, 1.165) is 0 Å². The van der Waals surface area contributed by atoms with Gasteiger partial charge in [-0.2, -0.15) is 0 Å². The van der Waals surface area contributed by atoms with Gasteiger partial charge in [0.1, 0.15) is 5.76 Å². The first-order chi connectivity index (χ1) is 15.3. The number of aryl methyl sites for hydroxylation is 1. The van der Waals surface area contributed by atoms with Crippen LogP contribution in [0.5, 0.6) is 0 Å². The van der Waals surface area contributed by atoms with Crippen LogP contribution in [0, 0.1) is 23.0 Å². The van der Waals surface area contributed by atoms with E-state index < -0.39 is 16.7 Å². The molecular formula is C22H24N4O6. The molecule has 0 spiro atoms. The summed E-state index contributed by atoms with van der Waals surface area (Å²) < 4.78 is 5.16. The number of nitro groups is 1. The lowest BCUT2D eigenvalue weighted by Crippen LogP contribution is -2.43. The van der Waals surface area contributed by atoms with Gasteiger partial charge in [0, 0.05) is 37.8 Å². The number of furan rings is 1. The monoisotopic (exact) mass is 440 g/mol. The summed E-state index contributed by atoms with van der Waals surface area (Å²) >= 11 is 0. The summed E-state index contributed by atoms with van der Waals surface area (Å²) in [6.07, 6.45) is 6.03. The SMILES string of the molecule is Cc1ccc([N+](=O)[O-])cc1NC(=O)C(=O)NCC1CCN(C(=O)/C=C/c2ccco2)CC1. The number of nitro benzene ring substituents is 1. The highest BCUT2D eigenvalue weighted by molar-refractivity contribution is 6.39. The van der Waals surface area contributed by atoms with Gasteiger partial charge in [-0.1, -0.05) is 6.07 Å². The maximum atomic E-state index is 12.3. The average Bonchev–Trinajstić information content (AvgIpc) is 3.31. The number of likely N-dealkylation sites (tertiary alicyclic amines) is 1. The summed E-state index contributed by atoms with van der Waals surface area (Å²) in [7, 11) is 0. The third-order valence-electron chi connectivity index (χ3n) is 5.30. The molecule has 1 aliphatic rings. The van der Waals surface area contributed by atoms with Crippen molar-refractivity contribution in [2.45, 2.75) is 19.8 Å². The fourth-order valence-corrected chi connectivity index (χ4v) is 3.36. The van der Waals surface area contributed by atoms with Gasteiger partial charge in [-0.25, -0.2) is 0 Å². The highest BCUT2D eigenvalue weighted by Gasteiger charge is 2.23. The first kappa shape index (κ1) is 22.7. The highest BCUT2D eigenvalue weighted by Crippen LogP contribution is 2.22. The largest absolute Gasteiger partial charge is 0.465 e. The van der Waals surface area contributed by atoms with E-state index >= 15 is 0 Å². The molecule has 2 aromatic rings. The van der Waals surface area contributed by atoms with E-state index in [1.807, 2.05) is 0 Å². The smallest absolute Gasteiger partial charge is 0.313 e. The maximum absolute atomic E-state index is 12.3. The molecule has 0 saturated carbocycles. The summed E-state index contributed by atoms with van der Waals surface area (Å²) in [5.74, 6) is -1.05. The van der Waals surface area contributed by atoms with Gasteiger partial charge in [-0.15, -0.1) is 0 Å². The van der Waals surface area contributed by atoms with Gasteiger partial charge in [-0.3, -0.25) is 24.5 Å². The summed E-state index contributed by atoms with van der Waals surface area (Å²) in [4.78, 5) is 48.6. The number of nitrogens with zero attached hydrogens (tertiary/aromatic N) is 2. The Morgan fingerprint density at radius 3 is 2.62 bits per heavy atom. The molecule has 1 aromatic carbocycles. The van der Waals surface area contributed by atoms with E-state index in [2.05, 4.69) is 10.6 Å². The minimum Gasteiger partial charge on any atom is -0.465 e. The minimum absolute atomic E-state index is 0.101. The number of anilines is 1. The second kappa shape index (κ2) is 10.4. The highest BCUT2D eigenvalue weighted by atomic mass is 16.6. The number of hydrogen-bond acceptors (Lipinski definition) is 6. The lowest BCUT2D eigenvalue weighted by Gasteiger charge is -2.31. The number of carbonyl (C=O) groups is 3. The van der Waals surface area contributed by atoms with Crippen LogP contribution < -0.4 is 10.6 Å². The van der Waals surface area contributed by atoms with Gasteiger partial charge >= 0.3 is 11.8 Å². The Morgan fingerprint density at radius 1 is 1.22 bits per heavy atom. The molecule has 3 rings (SSSR count). The molecule has 32 heavy (non-hydrogen) atoms. The van der Waals surface area contributed by atoms with E-state index in [0.29, 0.717) is 43.8 Å². The zero-order valence-electron chi connectivity index (χ0n) is 17.6. The number of piperidine rings is 1. The lowest BCUT2D eigenvalue weighted by atomic mass is 9.96. The molecule has 168 valence electrons. The predicted octanol–water partition coefficient (Wildman–Crippen LogP) is 2.50. The van der Waals surface area contributed by atoms with Crippen molar-refractivity contribution >= 4 is 35.2 Å². The number of non-ortho nitro benzene ring substituents is 1. The molecule has 1 aliphatic heterocycles. The third kappa shape index (κ3) is 6.03. The van der Waals surface area contributed by atoms with Gasteiger partial charge in [-0.05, 0) is 49.5 Å². The van der Waals surface area contributed by atoms with Crippen molar-refractivity contribution in [2.75, 3.05) is 25.0 Å². The molecule has 10 heteroatoms. The standard InChI is InChI=1S/C22H24N4O6/c1-15-4-5-17(26(30)31)13-19(15)24-22(29)21(28)23-14-16-8-10-25(11-9-16)20(27)7-6-18-3-2-12-32-18/h2-7,12-13,16H,8-11,14H2,1H3,(H,23,28)(H,24,29)/b7-6+. The van der Waals surface area contributed by atoms with E-state index in [-0.39, 0.29) is 23.2 Å². The Morgan fingerprint density at radius 2 is 1.97 bits per heavy atom. The quantitative estimate of drug-likeness (QED) is 0.307. The molecule has 1 fully saturated rings. The molecule has 0 bridgehead atoms. The minimum atomic E-state index is -0.885. The first-order valence-electron chi connectivity index (χ1n) is 10.2. The molecule has 0 unspecified atom stereocenters. The zero-order valence-corrected chi connectivity index (χ0v) is 17.6. The van der Waals surface area contributed by atoms with Crippen LogP contribution in [0.15, 0.2) is 47.1 Å². The van der Waals surface area contributed by atoms with Crippen molar-refractivity contribution in [1.82, 2.24) is 10.2 Å². The van der Waals surface area contributed by atoms with Gasteiger partial charge in [0.25, 0.3) is 5.69 Å². The molecule has 3 amide bonds. The Labute approximate surface area is 184 Å². The van der Waals surface area contributed by atoms with Crippen LogP contribution in [0.2, 0.25) is 0 Å². The number of nitrogens with one attached hydrogen (secondary N) is 2. The first-order valence-corrected chi connectivity index (χ1v) is 10.2. The van der Waals surface area contributed by atoms with Crippen molar-refractivity contribution in [3.8, 4) is 0 Å². The maximum Gasteiger partial charge on any atom is 0.313 e. The third-order valence-corrected chi connectivity index (χ3v) is 5.30. The van der Waals surface area contributed by atoms with Crippen LogP contribution >= 0.6 is 0 Å². The van der Waals surface area contributed by atoms with Crippen molar-refractivity contribution < 1.29 is 23.7 Å². The average molecular weight is 440 g/mol. The van der Waals surface area contributed by atoms with Crippen LogP contribution in [-0.4, -0.2) is 47.2 Å². The van der Waals surface area contributed by atoms with E-state index in [1.54, 1.807) is 30.0 Å². The Kier molecular flexibility index (Phi) is 7.37. The molecule has 1 aromatic heterocycles. The van der Waals surface area contributed by atoms with Gasteiger partial charge in [0.2, 0.25) is 5.91 Å². The molecule has 2 heterocycles. The summed E-state index contributed by atoms with van der Waals surface area (Å²) in [5, 5.41) is 15.9. The normalized spacial score (nSPS) is 14.3. The van der Waals surface area contributed by atoms with E-state index in [9.17, 15) is 24.5 Å². The Balaban J connectivity index is 1.43. The van der Waals surface area contributed by atoms with Crippen molar-refractivity contribution in [2.24, 2.45) is 5.92 Å². The molecule has 0 aliphatic carbocycles. The van der Waals surface area contributed by atoms with Gasteiger partial charge < -0.3 is 20.0 Å². The van der Waals surface area contributed by atoms with Crippen molar-refractivity contribution in [1.29, 1.82) is 0 Å². The predicted molar refractivity (Wildman–Crippen MR) is 117 cm³/mol. The Hall–Kier alpha value is -3.95. The molecule has 1 saturated heterocycles. The summed E-state index contributed by atoms with van der Waals surface area (Å²) in [6, 6.07) is 7.55. The number of hydrogen-bond donors (Lipinski definition) is 2. The van der Waals surface area contributed by atoms with Crippen LogP contribution in [0.4, 0.5) is 11.4 Å². The second-order valence-corrected chi connectivity index (χ2v) is 7.54. The zero-order chi connectivity index (χ0) is 23.1. The molecule has 0 atom stereocenters. The van der Waals surface area contributed by atoms with Crippen molar-refractivity contribution in [3.05, 3.63) is 64.1 Å². The number of amides is 3.